The van der Waals surface area contributed by atoms with Crippen molar-refractivity contribution in [1.29, 1.82) is 0 Å². The lowest BCUT2D eigenvalue weighted by atomic mass is 9.81. The molecule has 0 spiro atoms. The van der Waals surface area contributed by atoms with Crippen LogP contribution in [0.25, 0.3) is 0 Å². The maximum atomic E-state index is 13.1. The molecule has 2 bridgehead atoms. The van der Waals surface area contributed by atoms with Crippen LogP contribution in [-0.2, 0) is 23.9 Å². The molecule has 1 heterocycles. The number of esters is 1. The van der Waals surface area contributed by atoms with Gasteiger partial charge < -0.3 is 10.1 Å². The molecule has 160 valence electrons. The van der Waals surface area contributed by atoms with Crippen LogP contribution in [0.4, 0.5) is 5.69 Å². The van der Waals surface area contributed by atoms with Gasteiger partial charge in [0.1, 0.15) is 6.04 Å². The molecular formula is C22H25ClN2O5. The van der Waals surface area contributed by atoms with Gasteiger partial charge in [0.15, 0.2) is 6.61 Å². The summed E-state index contributed by atoms with van der Waals surface area (Å²) in [6.07, 6.45) is 2.87. The molecule has 1 aromatic rings. The van der Waals surface area contributed by atoms with Crippen molar-refractivity contribution >= 4 is 41.0 Å². The first-order valence-electron chi connectivity index (χ1n) is 10.4. The minimum atomic E-state index is -1.02. The number of hydrogen-bond acceptors (Lipinski definition) is 5. The molecule has 30 heavy (non-hydrogen) atoms. The summed E-state index contributed by atoms with van der Waals surface area (Å²) in [5.74, 6) is -2.24. The lowest BCUT2D eigenvalue weighted by molar-refractivity contribution is -0.162. The molecule has 1 aromatic carbocycles. The minimum Gasteiger partial charge on any atom is -0.454 e. The zero-order chi connectivity index (χ0) is 21.6. The Balaban J connectivity index is 1.42. The van der Waals surface area contributed by atoms with Crippen molar-refractivity contribution in [3.63, 3.8) is 0 Å². The summed E-state index contributed by atoms with van der Waals surface area (Å²) >= 11 is 6.01. The molecular weight excluding hydrogens is 408 g/mol. The van der Waals surface area contributed by atoms with E-state index in [9.17, 15) is 19.2 Å². The summed E-state index contributed by atoms with van der Waals surface area (Å²) in [6, 6.07) is 5.69. The largest absolute Gasteiger partial charge is 0.454 e. The number of carbonyl (C=O) groups is 4. The first-order chi connectivity index (χ1) is 14.3. The minimum absolute atomic E-state index is 0.242. The number of nitrogens with one attached hydrogen (secondary N) is 1. The first-order valence-corrected chi connectivity index (χ1v) is 10.7. The van der Waals surface area contributed by atoms with Gasteiger partial charge in [0, 0.05) is 0 Å². The number of amides is 3. The fourth-order valence-corrected chi connectivity index (χ4v) is 5.54. The van der Waals surface area contributed by atoms with Crippen molar-refractivity contribution in [3.8, 4) is 0 Å². The third kappa shape index (κ3) is 3.49. The number of para-hydroxylation sites is 1. The van der Waals surface area contributed by atoms with E-state index in [1.807, 2.05) is 0 Å². The molecule has 1 aliphatic heterocycles. The summed E-state index contributed by atoms with van der Waals surface area (Å²) in [5, 5.41) is 2.94. The van der Waals surface area contributed by atoms with Gasteiger partial charge in [0.2, 0.25) is 11.8 Å². The Kier molecular flexibility index (Phi) is 5.57. The predicted molar refractivity (Wildman–Crippen MR) is 109 cm³/mol. The summed E-state index contributed by atoms with van der Waals surface area (Å²) in [5.41, 5.74) is 0.411. The Morgan fingerprint density at radius 2 is 1.73 bits per heavy atom. The monoisotopic (exact) mass is 432 g/mol. The number of ether oxygens (including phenoxy) is 1. The van der Waals surface area contributed by atoms with E-state index in [-0.39, 0.29) is 41.4 Å². The van der Waals surface area contributed by atoms with Crippen LogP contribution >= 0.6 is 11.6 Å². The van der Waals surface area contributed by atoms with Crippen molar-refractivity contribution in [1.82, 2.24) is 4.90 Å². The van der Waals surface area contributed by atoms with E-state index in [1.165, 1.54) is 0 Å². The molecule has 4 rings (SSSR count). The molecule has 0 unspecified atom stereocenters. The molecule has 3 aliphatic rings. The summed E-state index contributed by atoms with van der Waals surface area (Å²) in [6.45, 7) is 3.00. The number of carbonyl (C=O) groups excluding carboxylic acids is 4. The molecule has 2 saturated carbocycles. The molecule has 2 aliphatic carbocycles. The SMILES string of the molecule is CC(C)[C@H](C(=O)OCC(=O)Nc1ccccc1Cl)N1C(=O)[C@@H]2[C@H]3CC[C@@H](C3)[C@H]2C1=O. The fourth-order valence-electron chi connectivity index (χ4n) is 5.35. The highest BCUT2D eigenvalue weighted by atomic mass is 35.5. The molecule has 7 nitrogen and oxygen atoms in total. The standard InChI is InChI=1S/C22H25ClN2O5/c1-11(2)19(22(29)30-10-16(26)24-15-6-4-3-5-14(15)23)25-20(27)17-12-7-8-13(9-12)18(17)21(25)28/h3-6,11-13,17-19H,7-10H2,1-2H3,(H,24,26)/t12-,13-,17+,18+,19+/m0/s1. The average Bonchev–Trinajstić information content (AvgIpc) is 3.38. The second-order valence-electron chi connectivity index (χ2n) is 8.76. The lowest BCUT2D eigenvalue weighted by Gasteiger charge is -2.28. The molecule has 0 radical (unpaired) electrons. The van der Waals surface area contributed by atoms with Gasteiger partial charge in [-0.15, -0.1) is 0 Å². The van der Waals surface area contributed by atoms with Gasteiger partial charge in [-0.3, -0.25) is 19.3 Å². The highest BCUT2D eigenvalue weighted by molar-refractivity contribution is 6.33. The first kappa shape index (κ1) is 20.8. The number of fused-ring (bicyclic) bond motifs is 5. The molecule has 3 fully saturated rings. The van der Waals surface area contributed by atoms with Gasteiger partial charge in [-0.25, -0.2) is 4.79 Å². The second-order valence-corrected chi connectivity index (χ2v) is 9.16. The van der Waals surface area contributed by atoms with Crippen molar-refractivity contribution in [2.75, 3.05) is 11.9 Å². The van der Waals surface area contributed by atoms with E-state index in [0.717, 1.165) is 24.2 Å². The summed E-state index contributed by atoms with van der Waals surface area (Å²) < 4.78 is 5.20. The van der Waals surface area contributed by atoms with E-state index < -0.39 is 24.5 Å². The number of nitrogens with zero attached hydrogens (tertiary/aromatic N) is 1. The van der Waals surface area contributed by atoms with Crippen molar-refractivity contribution in [2.45, 2.75) is 39.2 Å². The average molecular weight is 433 g/mol. The van der Waals surface area contributed by atoms with Gasteiger partial charge in [-0.1, -0.05) is 37.6 Å². The van der Waals surface area contributed by atoms with Crippen LogP contribution in [0, 0.1) is 29.6 Å². The normalized spacial score (nSPS) is 28.1. The van der Waals surface area contributed by atoms with Crippen LogP contribution in [0.15, 0.2) is 24.3 Å². The summed E-state index contributed by atoms with van der Waals surface area (Å²) in [4.78, 5) is 52.2. The van der Waals surface area contributed by atoms with Crippen LogP contribution < -0.4 is 5.32 Å². The van der Waals surface area contributed by atoms with Gasteiger partial charge in [-0.05, 0) is 49.1 Å². The quantitative estimate of drug-likeness (QED) is 0.551. The number of likely N-dealkylation sites (tertiary alicyclic amines) is 1. The molecule has 1 saturated heterocycles. The van der Waals surface area contributed by atoms with E-state index in [4.69, 9.17) is 16.3 Å². The van der Waals surface area contributed by atoms with Crippen LogP contribution in [0.5, 0.6) is 0 Å². The van der Waals surface area contributed by atoms with E-state index >= 15 is 0 Å². The Hall–Kier alpha value is -2.41. The van der Waals surface area contributed by atoms with Gasteiger partial charge in [0.25, 0.3) is 5.91 Å². The zero-order valence-corrected chi connectivity index (χ0v) is 17.7. The van der Waals surface area contributed by atoms with Crippen LogP contribution in [-0.4, -0.2) is 41.2 Å². The highest BCUT2D eigenvalue weighted by Crippen LogP contribution is 2.56. The van der Waals surface area contributed by atoms with Gasteiger partial charge >= 0.3 is 5.97 Å². The third-order valence-corrected chi connectivity index (χ3v) is 6.94. The van der Waals surface area contributed by atoms with Crippen molar-refractivity contribution in [2.24, 2.45) is 29.6 Å². The van der Waals surface area contributed by atoms with Crippen LogP contribution in [0.1, 0.15) is 33.1 Å². The molecule has 1 N–H and O–H groups in total. The Bertz CT molecular complexity index is 873. The number of imide groups is 1. The number of benzene rings is 1. The van der Waals surface area contributed by atoms with Crippen LogP contribution in [0.3, 0.4) is 0 Å². The topological polar surface area (TPSA) is 92.8 Å². The zero-order valence-electron chi connectivity index (χ0n) is 17.0. The van der Waals surface area contributed by atoms with Gasteiger partial charge in [0.05, 0.1) is 22.5 Å². The lowest BCUT2D eigenvalue weighted by Crippen LogP contribution is -2.50. The molecule has 3 amide bonds. The molecule has 5 atom stereocenters. The maximum Gasteiger partial charge on any atom is 0.330 e. The summed E-state index contributed by atoms with van der Waals surface area (Å²) in [7, 11) is 0. The fraction of sp³-hybridized carbons (Fsp3) is 0.545. The van der Waals surface area contributed by atoms with Crippen molar-refractivity contribution < 1.29 is 23.9 Å². The smallest absolute Gasteiger partial charge is 0.330 e. The highest BCUT2D eigenvalue weighted by Gasteiger charge is 2.62. The Morgan fingerprint density at radius 3 is 2.30 bits per heavy atom. The van der Waals surface area contributed by atoms with Crippen molar-refractivity contribution in [3.05, 3.63) is 29.3 Å². The Labute approximate surface area is 180 Å². The number of anilines is 1. The van der Waals surface area contributed by atoms with Gasteiger partial charge in [-0.2, -0.15) is 0 Å². The van der Waals surface area contributed by atoms with E-state index in [0.29, 0.717) is 10.7 Å². The number of rotatable bonds is 6. The maximum absolute atomic E-state index is 13.1. The van der Waals surface area contributed by atoms with Crippen LogP contribution in [0.2, 0.25) is 5.02 Å². The molecule has 0 aromatic heterocycles. The van der Waals surface area contributed by atoms with E-state index in [1.54, 1.807) is 38.1 Å². The molecule has 8 heteroatoms. The number of halogens is 1. The predicted octanol–water partition coefficient (Wildman–Crippen LogP) is 2.88. The van der Waals surface area contributed by atoms with E-state index in [2.05, 4.69) is 5.32 Å². The second kappa shape index (κ2) is 8.02. The Morgan fingerprint density at radius 1 is 1.13 bits per heavy atom. The third-order valence-electron chi connectivity index (χ3n) is 6.61. The number of hydrogen-bond donors (Lipinski definition) is 1.